The van der Waals surface area contributed by atoms with Crippen LogP contribution in [-0.4, -0.2) is 45.9 Å². The minimum absolute atomic E-state index is 0.0246. The lowest BCUT2D eigenvalue weighted by Gasteiger charge is -2.45. The molecule has 2 aromatic rings. The molecule has 1 saturated carbocycles. The van der Waals surface area contributed by atoms with Gasteiger partial charge in [-0.25, -0.2) is 4.98 Å². The van der Waals surface area contributed by atoms with Crippen LogP contribution >= 0.6 is 0 Å². The van der Waals surface area contributed by atoms with Crippen LogP contribution in [0.1, 0.15) is 42.5 Å². The number of anilines is 2. The molecule has 1 aromatic carbocycles. The topological polar surface area (TPSA) is 100 Å². The molecule has 2 fully saturated rings. The number of amides is 1. The van der Waals surface area contributed by atoms with E-state index in [1.54, 1.807) is 30.3 Å². The van der Waals surface area contributed by atoms with Crippen LogP contribution in [0.3, 0.4) is 0 Å². The second kappa shape index (κ2) is 8.57. The van der Waals surface area contributed by atoms with Crippen molar-refractivity contribution in [3.63, 3.8) is 0 Å². The summed E-state index contributed by atoms with van der Waals surface area (Å²) in [7, 11) is 0. The van der Waals surface area contributed by atoms with E-state index in [1.807, 2.05) is 0 Å². The number of carbonyl (C=O) groups is 1. The SMILES string of the molecule is O=C(NCC1CCN1C1CCCC1)c1ccc(Nc2ccccc2[N+](=O)[O-])nc1. The smallest absolute Gasteiger partial charge is 0.292 e. The van der Waals surface area contributed by atoms with Crippen molar-refractivity contribution in [1.29, 1.82) is 0 Å². The molecule has 1 unspecified atom stereocenters. The van der Waals surface area contributed by atoms with Crippen molar-refractivity contribution in [3.05, 3.63) is 58.3 Å². The lowest BCUT2D eigenvalue weighted by atomic mass is 9.98. The number of benzene rings is 1. The Bertz CT molecular complexity index is 880. The van der Waals surface area contributed by atoms with Gasteiger partial charge in [-0.3, -0.25) is 19.8 Å². The molecule has 4 rings (SSSR count). The number of carbonyl (C=O) groups excluding carboxylic acids is 1. The summed E-state index contributed by atoms with van der Waals surface area (Å²) in [4.78, 5) is 29.9. The summed E-state index contributed by atoms with van der Waals surface area (Å²) in [5.74, 6) is 0.301. The number of aromatic nitrogens is 1. The van der Waals surface area contributed by atoms with Crippen molar-refractivity contribution in [2.75, 3.05) is 18.4 Å². The first-order chi connectivity index (χ1) is 14.1. The number of likely N-dealkylation sites (tertiary alicyclic amines) is 1. The lowest BCUT2D eigenvalue weighted by molar-refractivity contribution is -0.383. The van der Waals surface area contributed by atoms with Crippen molar-refractivity contribution >= 4 is 23.1 Å². The van der Waals surface area contributed by atoms with Crippen molar-refractivity contribution in [2.45, 2.75) is 44.2 Å². The zero-order chi connectivity index (χ0) is 20.2. The van der Waals surface area contributed by atoms with Gasteiger partial charge in [0.05, 0.1) is 10.5 Å². The molecule has 2 aliphatic rings. The highest BCUT2D eigenvalue weighted by atomic mass is 16.6. The largest absolute Gasteiger partial charge is 0.350 e. The highest BCUT2D eigenvalue weighted by molar-refractivity contribution is 5.94. The summed E-state index contributed by atoms with van der Waals surface area (Å²) in [6, 6.07) is 10.8. The van der Waals surface area contributed by atoms with Gasteiger partial charge in [0.15, 0.2) is 0 Å². The van der Waals surface area contributed by atoms with Gasteiger partial charge in [0.25, 0.3) is 11.6 Å². The number of pyridine rings is 1. The zero-order valence-corrected chi connectivity index (χ0v) is 16.2. The van der Waals surface area contributed by atoms with Gasteiger partial charge in [0.2, 0.25) is 0 Å². The molecule has 0 bridgehead atoms. The maximum atomic E-state index is 12.5. The van der Waals surface area contributed by atoms with Crippen LogP contribution in [0.25, 0.3) is 0 Å². The Labute approximate surface area is 169 Å². The van der Waals surface area contributed by atoms with Crippen LogP contribution in [0.4, 0.5) is 17.2 Å². The summed E-state index contributed by atoms with van der Waals surface area (Å²) in [5, 5.41) is 17.1. The molecule has 1 aromatic heterocycles. The minimum atomic E-state index is -0.445. The molecule has 29 heavy (non-hydrogen) atoms. The predicted molar refractivity (Wildman–Crippen MR) is 110 cm³/mol. The number of nitrogens with one attached hydrogen (secondary N) is 2. The molecule has 1 atom stereocenters. The van der Waals surface area contributed by atoms with E-state index in [0.717, 1.165) is 13.0 Å². The molecule has 1 aliphatic carbocycles. The standard InChI is InChI=1S/C21H25N5O3/c27-21(23-14-17-11-12-25(17)16-5-1-2-6-16)15-9-10-20(22-13-15)24-18-7-3-4-8-19(18)26(28)29/h3-4,7-10,13,16-17H,1-2,5-6,11-12,14H2,(H,22,24)(H,23,27). The zero-order valence-electron chi connectivity index (χ0n) is 16.2. The highest BCUT2D eigenvalue weighted by Gasteiger charge is 2.35. The third-order valence-corrected chi connectivity index (χ3v) is 5.87. The molecule has 1 aliphatic heterocycles. The number of nitrogens with zero attached hydrogens (tertiary/aromatic N) is 3. The van der Waals surface area contributed by atoms with Gasteiger partial charge in [0.1, 0.15) is 11.5 Å². The highest BCUT2D eigenvalue weighted by Crippen LogP contribution is 2.30. The lowest BCUT2D eigenvalue weighted by Crippen LogP contribution is -2.56. The van der Waals surface area contributed by atoms with Gasteiger partial charge < -0.3 is 10.6 Å². The van der Waals surface area contributed by atoms with E-state index in [1.165, 1.54) is 37.9 Å². The van der Waals surface area contributed by atoms with Crippen molar-refractivity contribution in [3.8, 4) is 0 Å². The molecule has 0 radical (unpaired) electrons. The van der Waals surface area contributed by atoms with Gasteiger partial charge in [-0.05, 0) is 37.5 Å². The maximum Gasteiger partial charge on any atom is 0.292 e. The number of nitro groups is 1. The number of rotatable bonds is 7. The quantitative estimate of drug-likeness (QED) is 0.550. The molecule has 2 heterocycles. The fraction of sp³-hybridized carbons (Fsp3) is 0.429. The number of nitro benzene ring substituents is 1. The van der Waals surface area contributed by atoms with Gasteiger partial charge in [0, 0.05) is 37.4 Å². The van der Waals surface area contributed by atoms with Crippen LogP contribution in [0.5, 0.6) is 0 Å². The molecule has 1 saturated heterocycles. The average Bonchev–Trinajstić information content (AvgIpc) is 3.22. The summed E-state index contributed by atoms with van der Waals surface area (Å²) in [5.41, 5.74) is 0.812. The van der Waals surface area contributed by atoms with E-state index in [2.05, 4.69) is 20.5 Å². The first-order valence-electron chi connectivity index (χ1n) is 10.1. The van der Waals surface area contributed by atoms with Gasteiger partial charge in [-0.1, -0.05) is 25.0 Å². The Kier molecular flexibility index (Phi) is 5.71. The first kappa shape index (κ1) is 19.3. The molecule has 0 spiro atoms. The van der Waals surface area contributed by atoms with E-state index in [9.17, 15) is 14.9 Å². The van der Waals surface area contributed by atoms with Gasteiger partial charge in [-0.2, -0.15) is 0 Å². The van der Waals surface area contributed by atoms with Gasteiger partial charge in [-0.15, -0.1) is 0 Å². The van der Waals surface area contributed by atoms with E-state index < -0.39 is 4.92 Å². The summed E-state index contributed by atoms with van der Waals surface area (Å²) >= 11 is 0. The summed E-state index contributed by atoms with van der Waals surface area (Å²) in [6.45, 7) is 1.80. The summed E-state index contributed by atoms with van der Waals surface area (Å²) in [6.07, 6.45) is 7.82. The van der Waals surface area contributed by atoms with Crippen LogP contribution in [-0.2, 0) is 0 Å². The molecular weight excluding hydrogens is 370 g/mol. The molecule has 152 valence electrons. The van der Waals surface area contributed by atoms with Crippen molar-refractivity contribution in [1.82, 2.24) is 15.2 Å². The Hall–Kier alpha value is -3.00. The predicted octanol–water partition coefficient (Wildman–Crippen LogP) is 3.48. The Morgan fingerprint density at radius 1 is 1.17 bits per heavy atom. The van der Waals surface area contributed by atoms with Crippen LogP contribution in [0.15, 0.2) is 42.6 Å². The number of hydrogen-bond acceptors (Lipinski definition) is 6. The minimum Gasteiger partial charge on any atom is -0.350 e. The average molecular weight is 395 g/mol. The van der Waals surface area contributed by atoms with Crippen LogP contribution in [0, 0.1) is 10.1 Å². The van der Waals surface area contributed by atoms with E-state index in [0.29, 0.717) is 35.7 Å². The normalized spacial score (nSPS) is 19.5. The molecular formula is C21H25N5O3. The second-order valence-corrected chi connectivity index (χ2v) is 7.66. The third kappa shape index (κ3) is 4.37. The van der Waals surface area contributed by atoms with E-state index >= 15 is 0 Å². The molecule has 8 nitrogen and oxygen atoms in total. The monoisotopic (exact) mass is 395 g/mol. The second-order valence-electron chi connectivity index (χ2n) is 7.66. The molecule has 2 N–H and O–H groups in total. The van der Waals surface area contributed by atoms with E-state index in [-0.39, 0.29) is 11.6 Å². The fourth-order valence-electron chi connectivity index (χ4n) is 4.19. The maximum absolute atomic E-state index is 12.5. The fourth-order valence-corrected chi connectivity index (χ4v) is 4.19. The van der Waals surface area contributed by atoms with Crippen molar-refractivity contribution < 1.29 is 9.72 Å². The Morgan fingerprint density at radius 3 is 2.62 bits per heavy atom. The number of para-hydroxylation sites is 2. The summed E-state index contributed by atoms with van der Waals surface area (Å²) < 4.78 is 0. The molecule has 1 amide bonds. The van der Waals surface area contributed by atoms with E-state index in [4.69, 9.17) is 0 Å². The molecule has 8 heteroatoms. The van der Waals surface area contributed by atoms with Gasteiger partial charge >= 0.3 is 0 Å². The van der Waals surface area contributed by atoms with Crippen LogP contribution < -0.4 is 10.6 Å². The number of hydrogen-bond donors (Lipinski definition) is 2. The van der Waals surface area contributed by atoms with Crippen LogP contribution in [0.2, 0.25) is 0 Å². The Balaban J connectivity index is 1.32. The Morgan fingerprint density at radius 2 is 1.97 bits per heavy atom. The van der Waals surface area contributed by atoms with Crippen molar-refractivity contribution in [2.24, 2.45) is 0 Å². The third-order valence-electron chi connectivity index (χ3n) is 5.87. The first-order valence-corrected chi connectivity index (χ1v) is 10.1.